The Labute approximate surface area is 190 Å². The molecular formula is C22H17BrN4O3S. The molecule has 0 spiro atoms. The van der Waals surface area contributed by atoms with Crippen LogP contribution in [0, 0.1) is 0 Å². The third kappa shape index (κ3) is 4.47. The van der Waals surface area contributed by atoms with Gasteiger partial charge in [-0.1, -0.05) is 58.0 Å². The zero-order chi connectivity index (χ0) is 22.0. The number of benzene rings is 3. The zero-order valence-electron chi connectivity index (χ0n) is 16.1. The molecule has 3 N–H and O–H groups in total. The van der Waals surface area contributed by atoms with E-state index < -0.39 is 5.25 Å². The predicted octanol–water partition coefficient (Wildman–Crippen LogP) is 4.02. The lowest BCUT2D eigenvalue weighted by Gasteiger charge is -2.14. The molecule has 1 heterocycles. The van der Waals surface area contributed by atoms with Gasteiger partial charge in [0.2, 0.25) is 11.8 Å². The Morgan fingerprint density at radius 3 is 2.65 bits per heavy atom. The number of thioether (sulfide) groups is 1. The number of amidine groups is 1. The van der Waals surface area contributed by atoms with Crippen LogP contribution in [-0.2, 0) is 9.59 Å². The van der Waals surface area contributed by atoms with Gasteiger partial charge in [0, 0.05) is 16.5 Å². The van der Waals surface area contributed by atoms with Crippen molar-refractivity contribution < 1.29 is 14.7 Å². The second-order valence-electron chi connectivity index (χ2n) is 6.76. The molecule has 2 amide bonds. The number of aromatic hydroxyl groups is 1. The van der Waals surface area contributed by atoms with Crippen LogP contribution in [0.3, 0.4) is 0 Å². The molecule has 3 aromatic carbocycles. The normalized spacial score (nSPS) is 17.3. The molecule has 0 unspecified atom stereocenters. The van der Waals surface area contributed by atoms with Gasteiger partial charge in [-0.25, -0.2) is 4.90 Å². The van der Waals surface area contributed by atoms with Gasteiger partial charge in [0.25, 0.3) is 0 Å². The fourth-order valence-electron chi connectivity index (χ4n) is 3.29. The standard InChI is InChI=1S/C22H17BrN4O3S/c23-14-6-8-15(9-7-14)27-20(29)11-19(21(27)30)31-22(24)26-25-12-17-16-4-2-1-3-13(16)5-10-18(17)28/h1-10,12,19,28H,11H2,(H2,24,26)/b25-12+/t19-/m1/s1. The molecular weight excluding hydrogens is 480 g/mol. The number of hydrogen-bond acceptors (Lipinski definition) is 6. The number of halogens is 1. The van der Waals surface area contributed by atoms with Crippen molar-refractivity contribution in [3.63, 3.8) is 0 Å². The minimum absolute atomic E-state index is 0.0314. The van der Waals surface area contributed by atoms with Gasteiger partial charge in [-0.05, 0) is 41.1 Å². The van der Waals surface area contributed by atoms with Crippen molar-refractivity contribution in [2.75, 3.05) is 4.90 Å². The zero-order valence-corrected chi connectivity index (χ0v) is 18.5. The lowest BCUT2D eigenvalue weighted by Crippen LogP contribution is -2.31. The molecule has 0 bridgehead atoms. The molecule has 0 aromatic heterocycles. The molecule has 7 nitrogen and oxygen atoms in total. The fourth-order valence-corrected chi connectivity index (χ4v) is 4.37. The Morgan fingerprint density at radius 1 is 1.13 bits per heavy atom. The first-order valence-electron chi connectivity index (χ1n) is 9.30. The summed E-state index contributed by atoms with van der Waals surface area (Å²) < 4.78 is 0.854. The molecule has 9 heteroatoms. The molecule has 0 aliphatic carbocycles. The van der Waals surface area contributed by atoms with Gasteiger partial charge >= 0.3 is 0 Å². The Hall–Kier alpha value is -3.17. The van der Waals surface area contributed by atoms with Crippen LogP contribution in [0.5, 0.6) is 5.75 Å². The number of anilines is 1. The van der Waals surface area contributed by atoms with Gasteiger partial charge in [0.15, 0.2) is 5.17 Å². The van der Waals surface area contributed by atoms with E-state index in [9.17, 15) is 14.7 Å². The van der Waals surface area contributed by atoms with Crippen molar-refractivity contribution in [1.82, 2.24) is 0 Å². The van der Waals surface area contributed by atoms with Crippen molar-refractivity contribution in [1.29, 1.82) is 0 Å². The molecule has 156 valence electrons. The second-order valence-corrected chi connectivity index (χ2v) is 8.90. The van der Waals surface area contributed by atoms with Crippen molar-refractivity contribution in [3.8, 4) is 5.75 Å². The highest BCUT2D eigenvalue weighted by atomic mass is 79.9. The van der Waals surface area contributed by atoms with Crippen LogP contribution in [-0.4, -0.2) is 33.6 Å². The largest absolute Gasteiger partial charge is 0.507 e. The number of phenols is 1. The summed E-state index contributed by atoms with van der Waals surface area (Å²) in [5.41, 5.74) is 6.97. The topological polar surface area (TPSA) is 108 Å². The highest BCUT2D eigenvalue weighted by Gasteiger charge is 2.40. The van der Waals surface area contributed by atoms with E-state index in [1.807, 2.05) is 30.3 Å². The van der Waals surface area contributed by atoms with E-state index in [2.05, 4.69) is 26.1 Å². The number of carbonyl (C=O) groups excluding carboxylic acids is 2. The number of fused-ring (bicyclic) bond motifs is 1. The molecule has 4 rings (SSSR count). The van der Waals surface area contributed by atoms with Crippen LogP contribution in [0.25, 0.3) is 10.8 Å². The number of amides is 2. The summed E-state index contributed by atoms with van der Waals surface area (Å²) in [7, 11) is 0. The Bertz CT molecular complexity index is 1230. The molecule has 1 aliphatic rings. The Balaban J connectivity index is 1.48. The van der Waals surface area contributed by atoms with Gasteiger partial charge in [-0.3, -0.25) is 9.59 Å². The van der Waals surface area contributed by atoms with E-state index in [0.717, 1.165) is 31.9 Å². The summed E-state index contributed by atoms with van der Waals surface area (Å²) >= 11 is 4.33. The van der Waals surface area contributed by atoms with Crippen LogP contribution in [0.4, 0.5) is 5.69 Å². The highest BCUT2D eigenvalue weighted by molar-refractivity contribution is 9.10. The van der Waals surface area contributed by atoms with E-state index in [4.69, 9.17) is 5.73 Å². The monoisotopic (exact) mass is 496 g/mol. The molecule has 0 saturated carbocycles. The Kier molecular flexibility index (Phi) is 6.06. The summed E-state index contributed by atoms with van der Waals surface area (Å²) in [5.74, 6) is -0.557. The maximum Gasteiger partial charge on any atom is 0.247 e. The molecule has 1 fully saturated rings. The minimum atomic E-state index is -0.666. The number of nitrogens with zero attached hydrogens (tertiary/aromatic N) is 3. The van der Waals surface area contributed by atoms with Gasteiger partial charge in [-0.15, -0.1) is 5.10 Å². The first-order chi connectivity index (χ1) is 14.9. The van der Waals surface area contributed by atoms with E-state index in [1.54, 1.807) is 30.3 Å². The minimum Gasteiger partial charge on any atom is -0.507 e. The molecule has 0 radical (unpaired) electrons. The number of nitrogens with two attached hydrogens (primary N) is 1. The maximum absolute atomic E-state index is 12.7. The van der Waals surface area contributed by atoms with Crippen LogP contribution >= 0.6 is 27.7 Å². The first kappa shape index (κ1) is 21.1. The smallest absolute Gasteiger partial charge is 0.247 e. The van der Waals surface area contributed by atoms with Gasteiger partial charge in [0.1, 0.15) is 11.0 Å². The maximum atomic E-state index is 12.7. The SMILES string of the molecule is NC(=N/N=C/c1c(O)ccc2ccccc12)S[C@@H]1CC(=O)N(c2ccc(Br)cc2)C1=O. The molecule has 1 saturated heterocycles. The van der Waals surface area contributed by atoms with Crippen LogP contribution < -0.4 is 10.6 Å². The van der Waals surface area contributed by atoms with Crippen molar-refractivity contribution in [3.05, 3.63) is 70.7 Å². The highest BCUT2D eigenvalue weighted by Crippen LogP contribution is 2.30. The average molecular weight is 497 g/mol. The number of imide groups is 1. The third-order valence-corrected chi connectivity index (χ3v) is 6.25. The molecule has 1 aliphatic heterocycles. The van der Waals surface area contributed by atoms with Crippen LogP contribution in [0.2, 0.25) is 0 Å². The van der Waals surface area contributed by atoms with Crippen molar-refractivity contribution in [2.45, 2.75) is 11.7 Å². The first-order valence-corrected chi connectivity index (χ1v) is 11.0. The number of rotatable bonds is 4. The third-order valence-electron chi connectivity index (χ3n) is 4.74. The quantitative estimate of drug-likeness (QED) is 0.245. The summed E-state index contributed by atoms with van der Waals surface area (Å²) in [6.07, 6.45) is 1.45. The van der Waals surface area contributed by atoms with Gasteiger partial charge in [0.05, 0.1) is 11.9 Å². The molecule has 1 atom stereocenters. The number of phenolic OH excluding ortho intramolecular Hbond substituents is 1. The Morgan fingerprint density at radius 2 is 1.87 bits per heavy atom. The number of carbonyl (C=O) groups is 2. The molecule has 31 heavy (non-hydrogen) atoms. The van der Waals surface area contributed by atoms with E-state index >= 15 is 0 Å². The summed E-state index contributed by atoms with van der Waals surface area (Å²) in [5, 5.41) is 19.2. The van der Waals surface area contributed by atoms with Gasteiger partial charge < -0.3 is 10.8 Å². The van der Waals surface area contributed by atoms with E-state index in [1.165, 1.54) is 6.21 Å². The predicted molar refractivity (Wildman–Crippen MR) is 127 cm³/mol. The summed E-state index contributed by atoms with van der Waals surface area (Å²) in [4.78, 5) is 26.2. The lowest BCUT2D eigenvalue weighted by molar-refractivity contribution is -0.121. The van der Waals surface area contributed by atoms with Crippen LogP contribution in [0.1, 0.15) is 12.0 Å². The average Bonchev–Trinajstić information content (AvgIpc) is 3.03. The second kappa shape index (κ2) is 8.91. The van der Waals surface area contributed by atoms with Gasteiger partial charge in [-0.2, -0.15) is 5.10 Å². The van der Waals surface area contributed by atoms with Crippen LogP contribution in [0.15, 0.2) is 75.3 Å². The number of hydrogen-bond donors (Lipinski definition) is 2. The van der Waals surface area contributed by atoms with E-state index in [0.29, 0.717) is 11.3 Å². The van der Waals surface area contributed by atoms with Crippen molar-refractivity contribution in [2.24, 2.45) is 15.9 Å². The lowest BCUT2D eigenvalue weighted by atomic mass is 10.0. The van der Waals surface area contributed by atoms with E-state index in [-0.39, 0.29) is 29.2 Å². The summed E-state index contributed by atoms with van der Waals surface area (Å²) in [6.45, 7) is 0. The van der Waals surface area contributed by atoms with Crippen molar-refractivity contribution >= 4 is 67.3 Å². The summed E-state index contributed by atoms with van der Waals surface area (Å²) in [6, 6.07) is 17.9. The molecule has 3 aromatic rings. The fraction of sp³-hybridized carbons (Fsp3) is 0.0909.